The average molecular weight is 329 g/mol. The van der Waals surface area contributed by atoms with Crippen LogP contribution >= 0.6 is 0 Å². The minimum atomic E-state index is -0.659. The van der Waals surface area contributed by atoms with E-state index in [1.807, 2.05) is 0 Å². The molecular weight excluding hydrogens is 298 g/mol. The number of nitrogens with zero attached hydrogens (tertiary/aromatic N) is 1. The average Bonchev–Trinajstić information content (AvgIpc) is 2.82. The SMILES string of the molecule is CC(C)(C)OC(=O)NN(CCC1CCNC1)C(=O)OC(C)(C)C. The van der Waals surface area contributed by atoms with Gasteiger partial charge in [-0.15, -0.1) is 0 Å². The molecule has 1 rings (SSSR count). The highest BCUT2D eigenvalue weighted by atomic mass is 16.6. The largest absolute Gasteiger partial charge is 0.443 e. The number of ether oxygens (including phenoxy) is 2. The van der Waals surface area contributed by atoms with Gasteiger partial charge in [0, 0.05) is 6.54 Å². The number of amides is 2. The number of hydrogen-bond acceptors (Lipinski definition) is 5. The first-order valence-electron chi connectivity index (χ1n) is 8.17. The summed E-state index contributed by atoms with van der Waals surface area (Å²) >= 11 is 0. The van der Waals surface area contributed by atoms with Crippen LogP contribution in [0.2, 0.25) is 0 Å². The lowest BCUT2D eigenvalue weighted by Gasteiger charge is -2.29. The second-order valence-corrected chi connectivity index (χ2v) is 7.89. The Balaban J connectivity index is 2.62. The smallest absolute Gasteiger partial charge is 0.429 e. The Hall–Kier alpha value is -1.50. The minimum absolute atomic E-state index is 0.389. The number of hydrazine groups is 1. The molecule has 1 heterocycles. The zero-order valence-electron chi connectivity index (χ0n) is 15.2. The van der Waals surface area contributed by atoms with Gasteiger partial charge in [0.15, 0.2) is 0 Å². The van der Waals surface area contributed by atoms with Crippen molar-refractivity contribution in [3.05, 3.63) is 0 Å². The molecule has 7 nitrogen and oxygen atoms in total. The Morgan fingerprint density at radius 3 is 2.22 bits per heavy atom. The van der Waals surface area contributed by atoms with Crippen molar-refractivity contribution in [2.24, 2.45) is 5.92 Å². The van der Waals surface area contributed by atoms with Crippen molar-refractivity contribution in [2.75, 3.05) is 19.6 Å². The molecule has 0 spiro atoms. The zero-order valence-corrected chi connectivity index (χ0v) is 15.2. The second-order valence-electron chi connectivity index (χ2n) is 7.89. The van der Waals surface area contributed by atoms with Crippen LogP contribution in [0.1, 0.15) is 54.4 Å². The Morgan fingerprint density at radius 2 is 1.74 bits per heavy atom. The zero-order chi connectivity index (χ0) is 17.7. The van der Waals surface area contributed by atoms with E-state index in [0.29, 0.717) is 12.5 Å². The predicted octanol–water partition coefficient (Wildman–Crippen LogP) is 2.66. The maximum atomic E-state index is 12.3. The molecule has 1 atom stereocenters. The van der Waals surface area contributed by atoms with Gasteiger partial charge in [-0.1, -0.05) is 0 Å². The Kier molecular flexibility index (Phi) is 6.68. The van der Waals surface area contributed by atoms with E-state index in [1.54, 1.807) is 41.5 Å². The molecule has 134 valence electrons. The van der Waals surface area contributed by atoms with Crippen LogP contribution in [0.15, 0.2) is 0 Å². The van der Waals surface area contributed by atoms with Crippen LogP contribution in [0.3, 0.4) is 0 Å². The molecule has 0 aromatic heterocycles. The lowest BCUT2D eigenvalue weighted by atomic mass is 10.1. The van der Waals surface area contributed by atoms with Gasteiger partial charge in [-0.3, -0.25) is 0 Å². The van der Waals surface area contributed by atoms with E-state index < -0.39 is 23.4 Å². The monoisotopic (exact) mass is 329 g/mol. The fourth-order valence-corrected chi connectivity index (χ4v) is 2.19. The van der Waals surface area contributed by atoms with Crippen molar-refractivity contribution in [2.45, 2.75) is 65.6 Å². The van der Waals surface area contributed by atoms with Gasteiger partial charge in [0.2, 0.25) is 0 Å². The summed E-state index contributed by atoms with van der Waals surface area (Å²) < 4.78 is 10.6. The number of carbonyl (C=O) groups is 2. The van der Waals surface area contributed by atoms with Crippen molar-refractivity contribution in [1.82, 2.24) is 15.8 Å². The first-order valence-corrected chi connectivity index (χ1v) is 8.17. The molecule has 1 aliphatic rings. The van der Waals surface area contributed by atoms with Crippen molar-refractivity contribution >= 4 is 12.2 Å². The van der Waals surface area contributed by atoms with E-state index in [0.717, 1.165) is 25.9 Å². The molecule has 0 aromatic rings. The van der Waals surface area contributed by atoms with Crippen molar-refractivity contribution in [3.63, 3.8) is 0 Å². The molecule has 1 unspecified atom stereocenters. The highest BCUT2D eigenvalue weighted by molar-refractivity contribution is 5.74. The topological polar surface area (TPSA) is 79.9 Å². The second kappa shape index (κ2) is 7.86. The minimum Gasteiger partial charge on any atom is -0.443 e. The molecule has 2 amide bonds. The van der Waals surface area contributed by atoms with E-state index in [1.165, 1.54) is 5.01 Å². The highest BCUT2D eigenvalue weighted by Gasteiger charge is 2.27. The fraction of sp³-hybridized carbons (Fsp3) is 0.875. The van der Waals surface area contributed by atoms with Crippen LogP contribution in [-0.2, 0) is 9.47 Å². The van der Waals surface area contributed by atoms with E-state index in [2.05, 4.69) is 10.7 Å². The maximum absolute atomic E-state index is 12.3. The van der Waals surface area contributed by atoms with Crippen LogP contribution in [0.4, 0.5) is 9.59 Å². The number of nitrogens with one attached hydrogen (secondary N) is 2. The summed E-state index contributed by atoms with van der Waals surface area (Å²) in [7, 11) is 0. The van der Waals surface area contributed by atoms with E-state index in [9.17, 15) is 9.59 Å². The molecule has 1 aliphatic heterocycles. The molecule has 2 N–H and O–H groups in total. The molecule has 0 radical (unpaired) electrons. The molecule has 1 saturated heterocycles. The molecule has 23 heavy (non-hydrogen) atoms. The quantitative estimate of drug-likeness (QED) is 0.778. The number of rotatable bonds is 3. The van der Waals surface area contributed by atoms with Gasteiger partial charge in [-0.2, -0.15) is 0 Å². The summed E-state index contributed by atoms with van der Waals surface area (Å²) in [6.07, 6.45) is 0.638. The predicted molar refractivity (Wildman–Crippen MR) is 87.9 cm³/mol. The van der Waals surface area contributed by atoms with Crippen LogP contribution in [0.25, 0.3) is 0 Å². The van der Waals surface area contributed by atoms with Gasteiger partial charge < -0.3 is 14.8 Å². The van der Waals surface area contributed by atoms with Crippen LogP contribution in [0, 0.1) is 5.92 Å². The molecule has 0 aliphatic carbocycles. The summed E-state index contributed by atoms with van der Waals surface area (Å²) in [5.74, 6) is 0.500. The molecule has 0 bridgehead atoms. The Bertz CT molecular complexity index is 407. The lowest BCUT2D eigenvalue weighted by molar-refractivity contribution is 0.000383. The van der Waals surface area contributed by atoms with Gasteiger partial charge in [-0.25, -0.2) is 20.0 Å². The van der Waals surface area contributed by atoms with E-state index in [-0.39, 0.29) is 0 Å². The standard InChI is InChI=1S/C16H31N3O4/c1-15(2,3)22-13(20)18-19(14(21)23-16(4,5)6)10-8-12-7-9-17-11-12/h12,17H,7-11H2,1-6H3,(H,18,20). The van der Waals surface area contributed by atoms with Crippen molar-refractivity contribution in [1.29, 1.82) is 0 Å². The molecule has 0 aromatic carbocycles. The summed E-state index contributed by atoms with van der Waals surface area (Å²) in [5, 5.41) is 4.49. The van der Waals surface area contributed by atoms with Gasteiger partial charge in [0.25, 0.3) is 0 Å². The summed E-state index contributed by atoms with van der Waals surface area (Å²) in [4.78, 5) is 24.2. The van der Waals surface area contributed by atoms with E-state index >= 15 is 0 Å². The molecule has 0 saturated carbocycles. The van der Waals surface area contributed by atoms with Crippen molar-refractivity contribution < 1.29 is 19.1 Å². The van der Waals surface area contributed by atoms with Crippen LogP contribution in [-0.4, -0.2) is 48.0 Å². The van der Waals surface area contributed by atoms with Gasteiger partial charge >= 0.3 is 12.2 Å². The number of hydrogen-bond donors (Lipinski definition) is 2. The van der Waals surface area contributed by atoms with Crippen molar-refractivity contribution in [3.8, 4) is 0 Å². The molecule has 7 heteroatoms. The van der Waals surface area contributed by atoms with Gasteiger partial charge in [0.05, 0.1) is 0 Å². The number of carbonyl (C=O) groups excluding carboxylic acids is 2. The fourth-order valence-electron chi connectivity index (χ4n) is 2.19. The first kappa shape index (κ1) is 19.5. The summed E-state index contributed by atoms with van der Waals surface area (Å²) in [6.45, 7) is 13.0. The van der Waals surface area contributed by atoms with E-state index in [4.69, 9.17) is 9.47 Å². The summed E-state index contributed by atoms with van der Waals surface area (Å²) in [6, 6.07) is 0. The normalized spacial score (nSPS) is 18.4. The lowest BCUT2D eigenvalue weighted by Crippen LogP contribution is -2.50. The van der Waals surface area contributed by atoms with Crippen LogP contribution in [0.5, 0.6) is 0 Å². The summed E-state index contributed by atoms with van der Waals surface area (Å²) in [5.41, 5.74) is 1.25. The third-order valence-electron chi connectivity index (χ3n) is 3.16. The molecule has 1 fully saturated rings. The Morgan fingerprint density at radius 1 is 1.13 bits per heavy atom. The molecular formula is C16H31N3O4. The first-order chi connectivity index (χ1) is 10.5. The third kappa shape index (κ3) is 8.64. The Labute approximate surface area is 139 Å². The third-order valence-corrected chi connectivity index (χ3v) is 3.16. The van der Waals surface area contributed by atoms with Crippen LogP contribution < -0.4 is 10.7 Å². The maximum Gasteiger partial charge on any atom is 0.429 e. The highest BCUT2D eigenvalue weighted by Crippen LogP contribution is 2.15. The van der Waals surface area contributed by atoms with Gasteiger partial charge in [-0.05, 0) is 73.4 Å². The van der Waals surface area contributed by atoms with Gasteiger partial charge in [0.1, 0.15) is 11.2 Å².